The Morgan fingerprint density at radius 1 is 1.26 bits per heavy atom. The molecule has 1 aliphatic carbocycles. The summed E-state index contributed by atoms with van der Waals surface area (Å²) in [5, 5.41) is 3.59. The standard InChI is InChI=1S/C16H20N2O/c1-11-10-17-16(19-11)12(2)18-15-8-14(9-15)13-6-4-3-5-7-13/h3-7,10,12,14-15,18H,8-9H2,1-2H3. The molecule has 1 unspecified atom stereocenters. The summed E-state index contributed by atoms with van der Waals surface area (Å²) < 4.78 is 5.55. The number of hydrogen-bond acceptors (Lipinski definition) is 3. The van der Waals surface area contributed by atoms with Crippen molar-refractivity contribution in [3.8, 4) is 0 Å². The van der Waals surface area contributed by atoms with Crippen LogP contribution in [0.5, 0.6) is 0 Å². The zero-order valence-electron chi connectivity index (χ0n) is 11.5. The van der Waals surface area contributed by atoms with Gasteiger partial charge < -0.3 is 9.73 Å². The molecule has 100 valence electrons. The predicted molar refractivity (Wildman–Crippen MR) is 75.0 cm³/mol. The Hall–Kier alpha value is -1.61. The number of hydrogen-bond donors (Lipinski definition) is 1. The fraction of sp³-hybridized carbons (Fsp3) is 0.438. The zero-order chi connectivity index (χ0) is 13.2. The maximum Gasteiger partial charge on any atom is 0.211 e. The maximum atomic E-state index is 5.55. The average Bonchev–Trinajstić information content (AvgIpc) is 2.81. The molecule has 1 aliphatic rings. The first-order valence-electron chi connectivity index (χ1n) is 6.95. The van der Waals surface area contributed by atoms with Gasteiger partial charge in [-0.1, -0.05) is 30.3 Å². The summed E-state index contributed by atoms with van der Waals surface area (Å²) in [6.45, 7) is 4.04. The van der Waals surface area contributed by atoms with Crippen LogP contribution in [0, 0.1) is 6.92 Å². The van der Waals surface area contributed by atoms with E-state index in [1.54, 1.807) is 6.20 Å². The van der Waals surface area contributed by atoms with Crippen molar-refractivity contribution in [1.29, 1.82) is 0 Å². The minimum atomic E-state index is 0.190. The minimum Gasteiger partial charge on any atom is -0.444 e. The molecule has 1 aromatic heterocycles. The molecule has 1 fully saturated rings. The Labute approximate surface area is 114 Å². The monoisotopic (exact) mass is 256 g/mol. The quantitative estimate of drug-likeness (QED) is 0.908. The van der Waals surface area contributed by atoms with E-state index in [1.807, 2.05) is 6.92 Å². The highest BCUT2D eigenvalue weighted by Crippen LogP contribution is 2.37. The second-order valence-electron chi connectivity index (χ2n) is 5.47. The van der Waals surface area contributed by atoms with Crippen molar-refractivity contribution >= 4 is 0 Å². The van der Waals surface area contributed by atoms with Crippen molar-refractivity contribution in [2.24, 2.45) is 0 Å². The fourth-order valence-corrected chi connectivity index (χ4v) is 2.75. The van der Waals surface area contributed by atoms with Gasteiger partial charge in [0, 0.05) is 6.04 Å². The van der Waals surface area contributed by atoms with E-state index in [1.165, 1.54) is 18.4 Å². The van der Waals surface area contributed by atoms with Gasteiger partial charge in [-0.05, 0) is 38.2 Å². The number of aryl methyl sites for hydroxylation is 1. The first-order chi connectivity index (χ1) is 9.22. The third-order valence-electron chi connectivity index (χ3n) is 3.90. The molecule has 3 nitrogen and oxygen atoms in total. The molecule has 1 aromatic carbocycles. The van der Waals surface area contributed by atoms with E-state index >= 15 is 0 Å². The molecule has 0 radical (unpaired) electrons. The molecule has 1 heterocycles. The van der Waals surface area contributed by atoms with Gasteiger partial charge >= 0.3 is 0 Å². The number of benzene rings is 1. The normalized spacial score (nSPS) is 23.9. The molecule has 0 aliphatic heterocycles. The van der Waals surface area contributed by atoms with E-state index < -0.39 is 0 Å². The average molecular weight is 256 g/mol. The molecule has 0 saturated heterocycles. The van der Waals surface area contributed by atoms with Crippen LogP contribution in [0.25, 0.3) is 0 Å². The first-order valence-corrected chi connectivity index (χ1v) is 6.95. The number of rotatable bonds is 4. The fourth-order valence-electron chi connectivity index (χ4n) is 2.75. The zero-order valence-corrected chi connectivity index (χ0v) is 11.5. The lowest BCUT2D eigenvalue weighted by Gasteiger charge is -2.37. The Bertz CT molecular complexity index is 529. The number of oxazole rings is 1. The van der Waals surface area contributed by atoms with Gasteiger partial charge in [-0.25, -0.2) is 4.98 Å². The molecule has 0 amide bonds. The van der Waals surface area contributed by atoms with Crippen LogP contribution >= 0.6 is 0 Å². The van der Waals surface area contributed by atoms with Gasteiger partial charge in [0.1, 0.15) is 5.76 Å². The Balaban J connectivity index is 1.52. The Kier molecular flexibility index (Phi) is 3.38. The van der Waals surface area contributed by atoms with E-state index in [2.05, 4.69) is 47.6 Å². The van der Waals surface area contributed by atoms with Gasteiger partial charge in [-0.15, -0.1) is 0 Å². The van der Waals surface area contributed by atoms with Crippen molar-refractivity contribution in [3.05, 3.63) is 53.7 Å². The van der Waals surface area contributed by atoms with E-state index in [-0.39, 0.29) is 6.04 Å². The van der Waals surface area contributed by atoms with Gasteiger partial charge in [0.05, 0.1) is 12.2 Å². The summed E-state index contributed by atoms with van der Waals surface area (Å²) in [6, 6.07) is 11.5. The van der Waals surface area contributed by atoms with Crippen molar-refractivity contribution < 1.29 is 4.42 Å². The van der Waals surface area contributed by atoms with Crippen molar-refractivity contribution in [1.82, 2.24) is 10.3 Å². The van der Waals surface area contributed by atoms with E-state index in [9.17, 15) is 0 Å². The first kappa shape index (κ1) is 12.4. The SMILES string of the molecule is Cc1cnc(C(C)NC2CC(c3ccccc3)C2)o1. The largest absolute Gasteiger partial charge is 0.444 e. The molecule has 1 atom stereocenters. The molecule has 1 saturated carbocycles. The summed E-state index contributed by atoms with van der Waals surface area (Å²) >= 11 is 0. The summed E-state index contributed by atoms with van der Waals surface area (Å²) in [5.41, 5.74) is 1.46. The van der Waals surface area contributed by atoms with Gasteiger partial charge in [0.15, 0.2) is 0 Å². The molecule has 3 rings (SSSR count). The number of nitrogens with one attached hydrogen (secondary N) is 1. The molecule has 2 aromatic rings. The van der Waals surface area contributed by atoms with Crippen LogP contribution in [-0.4, -0.2) is 11.0 Å². The second-order valence-corrected chi connectivity index (χ2v) is 5.47. The van der Waals surface area contributed by atoms with Crippen molar-refractivity contribution in [2.75, 3.05) is 0 Å². The second kappa shape index (κ2) is 5.17. The number of aromatic nitrogens is 1. The minimum absolute atomic E-state index is 0.190. The predicted octanol–water partition coefficient (Wildman–Crippen LogP) is 3.58. The third-order valence-corrected chi connectivity index (χ3v) is 3.90. The third kappa shape index (κ3) is 2.71. The summed E-state index contributed by atoms with van der Waals surface area (Å²) in [5.74, 6) is 2.37. The molecule has 1 N–H and O–H groups in total. The van der Waals surface area contributed by atoms with Gasteiger partial charge in [-0.3, -0.25) is 0 Å². The molecular weight excluding hydrogens is 236 g/mol. The highest BCUT2D eigenvalue weighted by molar-refractivity contribution is 5.22. The molecule has 19 heavy (non-hydrogen) atoms. The maximum absolute atomic E-state index is 5.55. The van der Waals surface area contributed by atoms with Crippen LogP contribution in [0.15, 0.2) is 40.9 Å². The molecule has 0 bridgehead atoms. The van der Waals surface area contributed by atoms with Crippen LogP contribution in [0.4, 0.5) is 0 Å². The molecule has 3 heteroatoms. The summed E-state index contributed by atoms with van der Waals surface area (Å²) in [6.07, 6.45) is 4.18. The Morgan fingerprint density at radius 3 is 2.63 bits per heavy atom. The lowest BCUT2D eigenvalue weighted by molar-refractivity contribution is 0.254. The number of nitrogens with zero attached hydrogens (tertiary/aromatic N) is 1. The van der Waals surface area contributed by atoms with Crippen molar-refractivity contribution in [2.45, 2.75) is 44.7 Å². The highest BCUT2D eigenvalue weighted by atomic mass is 16.4. The topological polar surface area (TPSA) is 38.1 Å². The summed E-state index contributed by atoms with van der Waals surface area (Å²) in [7, 11) is 0. The highest BCUT2D eigenvalue weighted by Gasteiger charge is 2.31. The van der Waals surface area contributed by atoms with Gasteiger partial charge in [0.2, 0.25) is 5.89 Å². The van der Waals surface area contributed by atoms with Crippen LogP contribution in [0.2, 0.25) is 0 Å². The summed E-state index contributed by atoms with van der Waals surface area (Å²) in [4.78, 5) is 4.28. The van der Waals surface area contributed by atoms with Crippen LogP contribution in [-0.2, 0) is 0 Å². The smallest absolute Gasteiger partial charge is 0.211 e. The van der Waals surface area contributed by atoms with Gasteiger partial charge in [0.25, 0.3) is 0 Å². The van der Waals surface area contributed by atoms with Crippen LogP contribution < -0.4 is 5.32 Å². The lowest BCUT2D eigenvalue weighted by atomic mass is 9.75. The van der Waals surface area contributed by atoms with E-state index in [0.29, 0.717) is 12.0 Å². The van der Waals surface area contributed by atoms with Crippen molar-refractivity contribution in [3.63, 3.8) is 0 Å². The molecular formula is C16H20N2O. The molecule has 0 spiro atoms. The van der Waals surface area contributed by atoms with E-state index in [0.717, 1.165) is 11.7 Å². The Morgan fingerprint density at radius 2 is 2.00 bits per heavy atom. The lowest BCUT2D eigenvalue weighted by Crippen LogP contribution is -2.41. The van der Waals surface area contributed by atoms with Crippen LogP contribution in [0.3, 0.4) is 0 Å². The van der Waals surface area contributed by atoms with Crippen LogP contribution in [0.1, 0.15) is 48.9 Å². The van der Waals surface area contributed by atoms with Gasteiger partial charge in [-0.2, -0.15) is 0 Å². The van der Waals surface area contributed by atoms with E-state index in [4.69, 9.17) is 4.42 Å².